The molecule has 134 valence electrons. The molecule has 0 aliphatic carbocycles. The molecule has 0 aliphatic rings. The third-order valence-corrected chi connectivity index (χ3v) is 3.77. The standard InChI is InChI=1S/C17H19F3N4O/c1-10-11(2)22-16(23-15(10)21-9-14(25)24(3)4)12-5-7-13(8-6-12)17(18,19)20/h5-8H,9H2,1-4H3,(H,21,22,23). The van der Waals surface area contributed by atoms with E-state index < -0.39 is 11.7 Å². The van der Waals surface area contributed by atoms with E-state index in [4.69, 9.17) is 0 Å². The van der Waals surface area contributed by atoms with E-state index in [-0.39, 0.29) is 12.5 Å². The lowest BCUT2D eigenvalue weighted by atomic mass is 10.1. The van der Waals surface area contributed by atoms with Crippen LogP contribution in [0.3, 0.4) is 0 Å². The maximum Gasteiger partial charge on any atom is 0.416 e. The number of aromatic nitrogens is 2. The average Bonchev–Trinajstić information content (AvgIpc) is 2.55. The number of aryl methyl sites for hydroxylation is 1. The van der Waals surface area contributed by atoms with Crippen LogP contribution in [0.15, 0.2) is 24.3 Å². The molecule has 5 nitrogen and oxygen atoms in total. The topological polar surface area (TPSA) is 58.1 Å². The summed E-state index contributed by atoms with van der Waals surface area (Å²) in [5, 5.41) is 2.96. The highest BCUT2D eigenvalue weighted by molar-refractivity contribution is 5.80. The van der Waals surface area contributed by atoms with Crippen molar-refractivity contribution in [1.82, 2.24) is 14.9 Å². The first-order chi connectivity index (χ1) is 11.6. The molecule has 0 spiro atoms. The van der Waals surface area contributed by atoms with Gasteiger partial charge in [-0.15, -0.1) is 0 Å². The zero-order valence-corrected chi connectivity index (χ0v) is 14.4. The summed E-state index contributed by atoms with van der Waals surface area (Å²) in [4.78, 5) is 21.8. The van der Waals surface area contributed by atoms with E-state index in [1.807, 2.05) is 6.92 Å². The Hall–Kier alpha value is -2.64. The number of carbonyl (C=O) groups excluding carboxylic acids is 1. The number of amides is 1. The number of benzene rings is 1. The predicted octanol–water partition coefficient (Wildman–Crippen LogP) is 3.28. The minimum Gasteiger partial charge on any atom is -0.361 e. The van der Waals surface area contributed by atoms with Gasteiger partial charge in [0, 0.05) is 30.9 Å². The molecule has 0 fully saturated rings. The fourth-order valence-corrected chi connectivity index (χ4v) is 2.06. The van der Waals surface area contributed by atoms with Gasteiger partial charge in [0.15, 0.2) is 5.82 Å². The highest BCUT2D eigenvalue weighted by atomic mass is 19.4. The smallest absolute Gasteiger partial charge is 0.361 e. The second kappa shape index (κ2) is 7.08. The normalized spacial score (nSPS) is 11.3. The van der Waals surface area contributed by atoms with Crippen molar-refractivity contribution in [2.45, 2.75) is 20.0 Å². The third-order valence-electron chi connectivity index (χ3n) is 3.77. The van der Waals surface area contributed by atoms with E-state index in [9.17, 15) is 18.0 Å². The lowest BCUT2D eigenvalue weighted by Crippen LogP contribution is -2.29. The molecule has 25 heavy (non-hydrogen) atoms. The molecule has 1 amide bonds. The van der Waals surface area contributed by atoms with Gasteiger partial charge in [0.1, 0.15) is 5.82 Å². The maximum absolute atomic E-state index is 12.7. The fourth-order valence-electron chi connectivity index (χ4n) is 2.06. The van der Waals surface area contributed by atoms with Crippen LogP contribution in [-0.4, -0.2) is 41.4 Å². The Bertz CT molecular complexity index is 771. The lowest BCUT2D eigenvalue weighted by molar-refractivity contribution is -0.137. The van der Waals surface area contributed by atoms with E-state index in [1.165, 1.54) is 17.0 Å². The van der Waals surface area contributed by atoms with Gasteiger partial charge in [-0.2, -0.15) is 13.2 Å². The lowest BCUT2D eigenvalue weighted by Gasteiger charge is -2.15. The molecule has 0 saturated carbocycles. The van der Waals surface area contributed by atoms with Crippen LogP contribution in [-0.2, 0) is 11.0 Å². The van der Waals surface area contributed by atoms with E-state index in [1.54, 1.807) is 21.0 Å². The van der Waals surface area contributed by atoms with Crippen molar-refractivity contribution in [1.29, 1.82) is 0 Å². The van der Waals surface area contributed by atoms with Crippen LogP contribution in [0.1, 0.15) is 16.8 Å². The quantitative estimate of drug-likeness (QED) is 0.917. The number of halogens is 3. The van der Waals surface area contributed by atoms with Crippen LogP contribution < -0.4 is 5.32 Å². The molecule has 0 aliphatic heterocycles. The molecule has 1 aromatic heterocycles. The number of hydrogen-bond acceptors (Lipinski definition) is 4. The first-order valence-electron chi connectivity index (χ1n) is 7.56. The Balaban J connectivity index is 2.31. The Morgan fingerprint density at radius 2 is 1.72 bits per heavy atom. The van der Waals surface area contributed by atoms with E-state index in [2.05, 4.69) is 15.3 Å². The largest absolute Gasteiger partial charge is 0.416 e. The monoisotopic (exact) mass is 352 g/mol. The summed E-state index contributed by atoms with van der Waals surface area (Å²) in [5.41, 5.74) is 1.21. The van der Waals surface area contributed by atoms with Crippen molar-refractivity contribution in [3.8, 4) is 11.4 Å². The molecule has 2 rings (SSSR count). The minimum absolute atomic E-state index is 0.0662. The van der Waals surface area contributed by atoms with Crippen molar-refractivity contribution >= 4 is 11.7 Å². The first-order valence-corrected chi connectivity index (χ1v) is 7.56. The van der Waals surface area contributed by atoms with Gasteiger partial charge >= 0.3 is 6.18 Å². The van der Waals surface area contributed by atoms with Crippen molar-refractivity contribution in [3.63, 3.8) is 0 Å². The van der Waals surface area contributed by atoms with Gasteiger partial charge in [0.05, 0.1) is 12.1 Å². The number of anilines is 1. The molecule has 0 saturated heterocycles. The molecule has 1 aromatic carbocycles. The SMILES string of the molecule is Cc1nc(-c2ccc(C(F)(F)F)cc2)nc(NCC(=O)N(C)C)c1C. The molecular formula is C17H19F3N4O. The number of carbonyl (C=O) groups is 1. The van der Waals surface area contributed by atoms with Crippen molar-refractivity contribution in [2.75, 3.05) is 26.0 Å². The highest BCUT2D eigenvalue weighted by Gasteiger charge is 2.30. The Labute approximate surface area is 143 Å². The Morgan fingerprint density at radius 3 is 2.24 bits per heavy atom. The molecule has 2 aromatic rings. The van der Waals surface area contributed by atoms with Gasteiger partial charge in [-0.3, -0.25) is 4.79 Å². The molecule has 0 bridgehead atoms. The van der Waals surface area contributed by atoms with Crippen molar-refractivity contribution < 1.29 is 18.0 Å². The number of rotatable bonds is 4. The molecule has 1 heterocycles. The fraction of sp³-hybridized carbons (Fsp3) is 0.353. The number of nitrogens with zero attached hydrogens (tertiary/aromatic N) is 3. The second-order valence-electron chi connectivity index (χ2n) is 5.82. The number of likely N-dealkylation sites (N-methyl/N-ethyl adjacent to an activating group) is 1. The molecule has 0 unspecified atom stereocenters. The minimum atomic E-state index is -4.39. The zero-order chi connectivity index (χ0) is 18.8. The Kier molecular flexibility index (Phi) is 5.30. The third kappa shape index (κ3) is 4.46. The molecule has 0 radical (unpaired) electrons. The van der Waals surface area contributed by atoms with Crippen LogP contribution in [0.5, 0.6) is 0 Å². The number of nitrogens with one attached hydrogen (secondary N) is 1. The van der Waals surface area contributed by atoms with Gasteiger partial charge < -0.3 is 10.2 Å². The van der Waals surface area contributed by atoms with Crippen LogP contribution in [0.25, 0.3) is 11.4 Å². The van der Waals surface area contributed by atoms with Crippen molar-refractivity contribution in [2.24, 2.45) is 0 Å². The second-order valence-corrected chi connectivity index (χ2v) is 5.82. The summed E-state index contributed by atoms with van der Waals surface area (Å²) in [6.45, 7) is 3.66. The van der Waals surface area contributed by atoms with Gasteiger partial charge in [0.25, 0.3) is 0 Å². The first kappa shape index (κ1) is 18.7. The van der Waals surface area contributed by atoms with Crippen LogP contribution in [0, 0.1) is 13.8 Å². The zero-order valence-electron chi connectivity index (χ0n) is 14.4. The predicted molar refractivity (Wildman–Crippen MR) is 89.1 cm³/mol. The molecule has 8 heteroatoms. The van der Waals surface area contributed by atoms with Crippen LogP contribution in [0.2, 0.25) is 0 Å². The summed E-state index contributed by atoms with van der Waals surface area (Å²) in [5.74, 6) is 0.668. The highest BCUT2D eigenvalue weighted by Crippen LogP contribution is 2.30. The van der Waals surface area contributed by atoms with Gasteiger partial charge in [0.2, 0.25) is 5.91 Å². The van der Waals surface area contributed by atoms with Crippen molar-refractivity contribution in [3.05, 3.63) is 41.1 Å². The Morgan fingerprint density at radius 1 is 1.12 bits per heavy atom. The summed E-state index contributed by atoms with van der Waals surface area (Å²) in [6.07, 6.45) is -4.39. The van der Waals surface area contributed by atoms with E-state index in [0.29, 0.717) is 22.9 Å². The number of hydrogen-bond donors (Lipinski definition) is 1. The van der Waals surface area contributed by atoms with E-state index in [0.717, 1.165) is 17.7 Å². The summed E-state index contributed by atoms with van der Waals surface area (Å²) < 4.78 is 38.0. The maximum atomic E-state index is 12.7. The van der Waals surface area contributed by atoms with Gasteiger partial charge in [-0.1, -0.05) is 12.1 Å². The summed E-state index contributed by atoms with van der Waals surface area (Å²) in [7, 11) is 3.30. The summed E-state index contributed by atoms with van der Waals surface area (Å²) >= 11 is 0. The van der Waals surface area contributed by atoms with Crippen LogP contribution >= 0.6 is 0 Å². The van der Waals surface area contributed by atoms with Gasteiger partial charge in [-0.25, -0.2) is 9.97 Å². The molecule has 1 N–H and O–H groups in total. The average molecular weight is 352 g/mol. The van der Waals surface area contributed by atoms with Crippen LogP contribution in [0.4, 0.5) is 19.0 Å². The van der Waals surface area contributed by atoms with E-state index >= 15 is 0 Å². The number of alkyl halides is 3. The molecular weight excluding hydrogens is 333 g/mol. The van der Waals surface area contributed by atoms with Gasteiger partial charge in [-0.05, 0) is 26.0 Å². The molecule has 0 atom stereocenters. The summed E-state index contributed by atoms with van der Waals surface area (Å²) in [6, 6.07) is 4.66.